The van der Waals surface area contributed by atoms with Gasteiger partial charge in [0.2, 0.25) is 5.91 Å². The molecule has 3 aromatic rings. The number of amides is 2. The van der Waals surface area contributed by atoms with Crippen LogP contribution < -0.4 is 16.4 Å². The van der Waals surface area contributed by atoms with Crippen molar-refractivity contribution in [3.8, 4) is 11.1 Å². The number of nitrogens with one attached hydrogen (secondary N) is 2. The van der Waals surface area contributed by atoms with E-state index in [1.54, 1.807) is 17.5 Å². The van der Waals surface area contributed by atoms with Gasteiger partial charge in [0.05, 0.1) is 29.0 Å². The number of nitrogens with two attached hydrogens (primary N) is 1. The molecule has 2 heterocycles. The Kier molecular flexibility index (Phi) is 4.93. The second-order valence-corrected chi connectivity index (χ2v) is 7.99. The first-order valence-electron chi connectivity index (χ1n) is 9.89. The summed E-state index contributed by atoms with van der Waals surface area (Å²) in [5, 5.41) is 10.3. The van der Waals surface area contributed by atoms with E-state index in [2.05, 4.69) is 15.7 Å². The molecule has 156 valence electrons. The molecule has 0 spiro atoms. The molecule has 2 atom stereocenters. The van der Waals surface area contributed by atoms with Crippen LogP contribution in [0.25, 0.3) is 16.6 Å². The molecule has 30 heavy (non-hydrogen) atoms. The van der Waals surface area contributed by atoms with Crippen LogP contribution in [0.1, 0.15) is 43.5 Å². The monoisotopic (exact) mass is 409 g/mol. The number of aromatic nitrogens is 2. The first kappa shape index (κ1) is 19.9. The van der Waals surface area contributed by atoms with Gasteiger partial charge in [-0.2, -0.15) is 5.10 Å². The molecular weight excluding hydrogens is 385 g/mol. The summed E-state index contributed by atoms with van der Waals surface area (Å²) in [5.41, 5.74) is 7.94. The van der Waals surface area contributed by atoms with E-state index in [1.165, 1.54) is 13.1 Å². The molecule has 8 heteroatoms. The third kappa shape index (κ3) is 3.72. The number of halogens is 1. The number of carbonyl (C=O) groups excluding carboxylic acids is 2. The quantitative estimate of drug-likeness (QED) is 0.597. The van der Waals surface area contributed by atoms with Crippen LogP contribution in [0.5, 0.6) is 0 Å². The van der Waals surface area contributed by atoms with E-state index < -0.39 is 17.6 Å². The Bertz CT molecular complexity index is 1140. The van der Waals surface area contributed by atoms with Gasteiger partial charge in [0.1, 0.15) is 5.67 Å². The first-order valence-corrected chi connectivity index (χ1v) is 9.89. The molecular formula is C22H24FN5O2. The number of benzene rings is 1. The maximum absolute atomic E-state index is 14.9. The Morgan fingerprint density at radius 1 is 1.30 bits per heavy atom. The van der Waals surface area contributed by atoms with Crippen molar-refractivity contribution in [3.63, 3.8) is 0 Å². The zero-order chi connectivity index (χ0) is 21.5. The molecule has 0 saturated heterocycles. The van der Waals surface area contributed by atoms with Crippen molar-refractivity contribution in [2.45, 2.75) is 44.8 Å². The van der Waals surface area contributed by atoms with Crippen LogP contribution in [0.4, 0.5) is 15.8 Å². The highest BCUT2D eigenvalue weighted by Crippen LogP contribution is 2.37. The van der Waals surface area contributed by atoms with E-state index in [4.69, 9.17) is 5.73 Å². The lowest BCUT2D eigenvalue weighted by molar-refractivity contribution is -0.114. The van der Waals surface area contributed by atoms with Crippen LogP contribution in [0, 0.1) is 0 Å². The standard InChI is InChI=1S/C22H24FN5O2/c1-13(29)26-16-6-3-5-14(9-16)15-10-18-20(27-19-7-4-8-22(19,2)23)17(21(24)30)11-25-28(18)12-15/h3,5-6,9-12,19,27H,4,7-8H2,1-2H3,(H2,24,30)(H,26,29). The number of primary amides is 1. The zero-order valence-electron chi connectivity index (χ0n) is 16.9. The van der Waals surface area contributed by atoms with Crippen molar-refractivity contribution in [3.05, 3.63) is 48.3 Å². The van der Waals surface area contributed by atoms with Crippen molar-refractivity contribution < 1.29 is 14.0 Å². The van der Waals surface area contributed by atoms with Gasteiger partial charge in [-0.25, -0.2) is 8.91 Å². The van der Waals surface area contributed by atoms with Crippen LogP contribution in [-0.4, -0.2) is 33.1 Å². The van der Waals surface area contributed by atoms with Crippen molar-refractivity contribution in [1.29, 1.82) is 0 Å². The molecule has 7 nitrogen and oxygen atoms in total. The summed E-state index contributed by atoms with van der Waals surface area (Å²) in [6.45, 7) is 3.03. The summed E-state index contributed by atoms with van der Waals surface area (Å²) in [5.74, 6) is -0.777. The molecule has 4 rings (SSSR count). The van der Waals surface area contributed by atoms with Gasteiger partial charge in [0, 0.05) is 24.4 Å². The number of rotatable bonds is 5. The first-order chi connectivity index (χ1) is 14.2. The van der Waals surface area contributed by atoms with Gasteiger partial charge in [-0.15, -0.1) is 0 Å². The van der Waals surface area contributed by atoms with E-state index in [-0.39, 0.29) is 11.5 Å². The molecule has 1 saturated carbocycles. The third-order valence-electron chi connectivity index (χ3n) is 5.62. The highest BCUT2D eigenvalue weighted by Gasteiger charge is 2.39. The van der Waals surface area contributed by atoms with Crippen LogP contribution in [0.3, 0.4) is 0 Å². The molecule has 2 aromatic heterocycles. The largest absolute Gasteiger partial charge is 0.377 e. The normalized spacial score (nSPS) is 21.0. The number of nitrogens with zero attached hydrogens (tertiary/aromatic N) is 2. The second-order valence-electron chi connectivity index (χ2n) is 7.99. The molecule has 1 fully saturated rings. The number of hydrogen-bond acceptors (Lipinski definition) is 4. The Morgan fingerprint density at radius 3 is 2.77 bits per heavy atom. The Morgan fingerprint density at radius 2 is 2.10 bits per heavy atom. The molecule has 2 unspecified atom stereocenters. The van der Waals surface area contributed by atoms with Crippen LogP contribution >= 0.6 is 0 Å². The summed E-state index contributed by atoms with van der Waals surface area (Å²) in [6, 6.07) is 8.88. The Hall–Kier alpha value is -3.42. The lowest BCUT2D eigenvalue weighted by Gasteiger charge is -2.26. The summed E-state index contributed by atoms with van der Waals surface area (Å²) < 4.78 is 16.5. The Labute approximate surface area is 173 Å². The average molecular weight is 409 g/mol. The predicted molar refractivity (Wildman–Crippen MR) is 114 cm³/mol. The van der Waals surface area contributed by atoms with E-state index >= 15 is 0 Å². The number of alkyl halides is 1. The van der Waals surface area contributed by atoms with Crippen molar-refractivity contribution >= 4 is 28.7 Å². The number of carbonyl (C=O) groups is 2. The highest BCUT2D eigenvalue weighted by atomic mass is 19.1. The third-order valence-corrected chi connectivity index (χ3v) is 5.62. The molecule has 1 aliphatic rings. The van der Waals surface area contributed by atoms with Crippen molar-refractivity contribution in [1.82, 2.24) is 9.61 Å². The average Bonchev–Trinajstić information content (AvgIpc) is 3.25. The lowest BCUT2D eigenvalue weighted by atomic mass is 10.0. The van der Waals surface area contributed by atoms with Crippen molar-refractivity contribution in [2.24, 2.45) is 5.73 Å². The zero-order valence-corrected chi connectivity index (χ0v) is 16.9. The van der Waals surface area contributed by atoms with E-state index in [0.29, 0.717) is 29.7 Å². The van der Waals surface area contributed by atoms with Gasteiger partial charge < -0.3 is 16.4 Å². The number of anilines is 2. The minimum Gasteiger partial charge on any atom is -0.377 e. The predicted octanol–water partition coefficient (Wildman–Crippen LogP) is 3.75. The van der Waals surface area contributed by atoms with Gasteiger partial charge in [-0.3, -0.25) is 9.59 Å². The summed E-state index contributed by atoms with van der Waals surface area (Å²) in [7, 11) is 0. The van der Waals surface area contributed by atoms with Crippen LogP contribution in [-0.2, 0) is 4.79 Å². The van der Waals surface area contributed by atoms with Gasteiger partial charge in [-0.05, 0) is 49.9 Å². The van der Waals surface area contributed by atoms with Gasteiger partial charge in [0.25, 0.3) is 5.91 Å². The molecule has 0 radical (unpaired) electrons. The lowest BCUT2D eigenvalue weighted by Crippen LogP contribution is -2.36. The molecule has 2 amide bonds. The topological polar surface area (TPSA) is 102 Å². The maximum atomic E-state index is 14.9. The Balaban J connectivity index is 1.79. The molecule has 1 aromatic carbocycles. The van der Waals surface area contributed by atoms with E-state index in [9.17, 15) is 14.0 Å². The summed E-state index contributed by atoms with van der Waals surface area (Å²) in [6.07, 6.45) is 5.15. The van der Waals surface area contributed by atoms with E-state index in [0.717, 1.165) is 17.5 Å². The second kappa shape index (κ2) is 7.44. The smallest absolute Gasteiger partial charge is 0.252 e. The van der Waals surface area contributed by atoms with Crippen LogP contribution in [0.2, 0.25) is 0 Å². The van der Waals surface area contributed by atoms with Gasteiger partial charge in [-0.1, -0.05) is 12.1 Å². The fourth-order valence-corrected chi connectivity index (χ4v) is 4.06. The number of fused-ring (bicyclic) bond motifs is 1. The number of hydrogen-bond donors (Lipinski definition) is 3. The fraction of sp³-hybridized carbons (Fsp3) is 0.318. The van der Waals surface area contributed by atoms with Crippen LogP contribution in [0.15, 0.2) is 42.7 Å². The fourth-order valence-electron chi connectivity index (χ4n) is 4.06. The summed E-state index contributed by atoms with van der Waals surface area (Å²) in [4.78, 5) is 23.4. The molecule has 0 aliphatic heterocycles. The minimum atomic E-state index is -1.36. The van der Waals surface area contributed by atoms with Gasteiger partial charge >= 0.3 is 0 Å². The summed E-state index contributed by atoms with van der Waals surface area (Å²) >= 11 is 0. The molecule has 4 N–H and O–H groups in total. The van der Waals surface area contributed by atoms with E-state index in [1.807, 2.05) is 30.5 Å². The maximum Gasteiger partial charge on any atom is 0.252 e. The van der Waals surface area contributed by atoms with Crippen molar-refractivity contribution in [2.75, 3.05) is 10.6 Å². The SMILES string of the molecule is CC(=O)Nc1cccc(-c2cc3c(NC4CCCC4(C)F)c(C(N)=O)cnn3c2)c1. The molecule has 0 bridgehead atoms. The molecule has 1 aliphatic carbocycles. The minimum absolute atomic E-state index is 0.153. The highest BCUT2D eigenvalue weighted by molar-refractivity contribution is 6.02. The van der Waals surface area contributed by atoms with Gasteiger partial charge in [0.15, 0.2) is 0 Å².